The van der Waals surface area contributed by atoms with Gasteiger partial charge in [0.25, 0.3) is 5.56 Å². The van der Waals surface area contributed by atoms with E-state index in [2.05, 4.69) is 10.3 Å². The number of fused-ring (bicyclic) bond motifs is 1. The number of benzene rings is 3. The number of hydrogen-bond acceptors (Lipinski definition) is 4. The van der Waals surface area contributed by atoms with Crippen LogP contribution in [0.15, 0.2) is 76.7 Å². The lowest BCUT2D eigenvalue weighted by molar-refractivity contribution is -0.113. The van der Waals surface area contributed by atoms with Crippen molar-refractivity contribution < 1.29 is 4.79 Å². The van der Waals surface area contributed by atoms with Crippen LogP contribution >= 0.6 is 46.6 Å². The molecule has 1 aromatic heterocycles. The molecule has 0 saturated carbocycles. The van der Waals surface area contributed by atoms with E-state index in [9.17, 15) is 9.59 Å². The number of amides is 1. The largest absolute Gasteiger partial charge is 0.325 e. The zero-order valence-corrected chi connectivity index (χ0v) is 18.9. The number of nitrogens with one attached hydrogen (secondary N) is 1. The number of para-hydroxylation sites is 1. The molecule has 0 unspecified atom stereocenters. The van der Waals surface area contributed by atoms with Gasteiger partial charge in [0.1, 0.15) is 0 Å². The second-order valence-corrected chi connectivity index (χ2v) is 8.69. The van der Waals surface area contributed by atoms with Crippen LogP contribution < -0.4 is 10.9 Å². The number of rotatable bonds is 5. The summed E-state index contributed by atoms with van der Waals surface area (Å²) in [5.74, 6) is -0.230. The van der Waals surface area contributed by atoms with Crippen LogP contribution in [0.25, 0.3) is 16.6 Å². The van der Waals surface area contributed by atoms with E-state index in [1.807, 2.05) is 6.07 Å². The Labute approximate surface area is 197 Å². The summed E-state index contributed by atoms with van der Waals surface area (Å²) in [4.78, 5) is 30.3. The van der Waals surface area contributed by atoms with Gasteiger partial charge in [0, 0.05) is 10.7 Å². The van der Waals surface area contributed by atoms with Crippen LogP contribution in [0.2, 0.25) is 15.1 Å². The fourth-order valence-electron chi connectivity index (χ4n) is 2.93. The lowest BCUT2D eigenvalue weighted by atomic mass is 10.2. The molecule has 4 rings (SSSR count). The third kappa shape index (κ3) is 4.88. The molecule has 1 heterocycles. The van der Waals surface area contributed by atoms with Gasteiger partial charge < -0.3 is 5.32 Å². The number of halogens is 3. The maximum Gasteiger partial charge on any atom is 0.266 e. The predicted octanol–water partition coefficient (Wildman–Crippen LogP) is 6.08. The van der Waals surface area contributed by atoms with Gasteiger partial charge in [0.15, 0.2) is 5.16 Å². The summed E-state index contributed by atoms with van der Waals surface area (Å²) in [5, 5.41) is 4.96. The number of carbonyl (C=O) groups is 1. The molecule has 0 aliphatic rings. The lowest BCUT2D eigenvalue weighted by Crippen LogP contribution is -2.23. The SMILES string of the molecule is O=C(CSc1nc2ccccc2c(=O)n1-c1ccc(Cl)cc1)Nc1ccc(Cl)c(Cl)c1. The van der Waals surface area contributed by atoms with Crippen LogP contribution in [-0.2, 0) is 4.79 Å². The van der Waals surface area contributed by atoms with E-state index < -0.39 is 0 Å². The van der Waals surface area contributed by atoms with E-state index >= 15 is 0 Å². The molecule has 1 amide bonds. The Balaban J connectivity index is 1.65. The van der Waals surface area contributed by atoms with Crippen LogP contribution in [0.1, 0.15) is 0 Å². The first-order chi connectivity index (χ1) is 14.9. The molecule has 0 aliphatic heterocycles. The molecule has 9 heteroatoms. The van der Waals surface area contributed by atoms with Crippen molar-refractivity contribution >= 4 is 69.1 Å². The molecule has 5 nitrogen and oxygen atoms in total. The summed E-state index contributed by atoms with van der Waals surface area (Å²) < 4.78 is 1.48. The number of anilines is 1. The summed E-state index contributed by atoms with van der Waals surface area (Å²) in [7, 11) is 0. The van der Waals surface area contributed by atoms with Crippen molar-refractivity contribution in [3.63, 3.8) is 0 Å². The Morgan fingerprint density at radius 3 is 2.45 bits per heavy atom. The van der Waals surface area contributed by atoms with Gasteiger partial charge in [-0.1, -0.05) is 58.7 Å². The Hall–Kier alpha value is -2.51. The second-order valence-electron chi connectivity index (χ2n) is 6.49. The van der Waals surface area contributed by atoms with Gasteiger partial charge in [0.05, 0.1) is 32.4 Å². The van der Waals surface area contributed by atoms with E-state index in [0.29, 0.717) is 42.5 Å². The minimum Gasteiger partial charge on any atom is -0.325 e. The van der Waals surface area contributed by atoms with Crippen LogP contribution in [0, 0.1) is 0 Å². The average Bonchev–Trinajstić information content (AvgIpc) is 2.76. The van der Waals surface area contributed by atoms with Crippen molar-refractivity contribution in [1.82, 2.24) is 9.55 Å². The van der Waals surface area contributed by atoms with Crippen molar-refractivity contribution in [3.8, 4) is 5.69 Å². The average molecular weight is 491 g/mol. The molecule has 3 aromatic carbocycles. The van der Waals surface area contributed by atoms with E-state index in [4.69, 9.17) is 34.8 Å². The van der Waals surface area contributed by atoms with Gasteiger partial charge in [-0.25, -0.2) is 4.98 Å². The van der Waals surface area contributed by atoms with Gasteiger partial charge in [-0.2, -0.15) is 0 Å². The van der Waals surface area contributed by atoms with Gasteiger partial charge in [-0.3, -0.25) is 14.2 Å². The van der Waals surface area contributed by atoms with E-state index in [-0.39, 0.29) is 17.2 Å². The van der Waals surface area contributed by atoms with Gasteiger partial charge >= 0.3 is 0 Å². The molecule has 0 fully saturated rings. The van der Waals surface area contributed by atoms with Crippen LogP contribution in [0.5, 0.6) is 0 Å². The smallest absolute Gasteiger partial charge is 0.266 e. The van der Waals surface area contributed by atoms with E-state index in [1.54, 1.807) is 60.7 Å². The predicted molar refractivity (Wildman–Crippen MR) is 128 cm³/mol. The first-order valence-electron chi connectivity index (χ1n) is 9.08. The fourth-order valence-corrected chi connectivity index (χ4v) is 4.16. The van der Waals surface area contributed by atoms with Crippen molar-refractivity contribution in [2.45, 2.75) is 5.16 Å². The molecule has 1 N–H and O–H groups in total. The maximum atomic E-state index is 13.2. The molecule has 0 aliphatic carbocycles. The highest BCUT2D eigenvalue weighted by Crippen LogP contribution is 2.26. The Morgan fingerprint density at radius 2 is 1.71 bits per heavy atom. The minimum atomic E-state index is -0.270. The summed E-state index contributed by atoms with van der Waals surface area (Å²) in [6.07, 6.45) is 0. The molecule has 0 saturated heterocycles. The molecule has 156 valence electrons. The number of nitrogens with zero attached hydrogens (tertiary/aromatic N) is 2. The number of thioether (sulfide) groups is 1. The van der Waals surface area contributed by atoms with Crippen LogP contribution in [-0.4, -0.2) is 21.2 Å². The minimum absolute atomic E-state index is 0.0403. The normalized spacial score (nSPS) is 10.9. The standard InChI is InChI=1S/C22H14Cl3N3O2S/c23-13-5-8-15(9-6-13)28-21(30)16-3-1-2-4-19(16)27-22(28)31-12-20(29)26-14-7-10-17(24)18(25)11-14/h1-11H,12H2,(H,26,29). The van der Waals surface area contributed by atoms with Crippen molar-refractivity contribution in [1.29, 1.82) is 0 Å². The van der Waals surface area contributed by atoms with Gasteiger partial charge in [0.2, 0.25) is 5.91 Å². The van der Waals surface area contributed by atoms with Crippen molar-refractivity contribution in [2.75, 3.05) is 11.1 Å². The molecule has 0 spiro atoms. The van der Waals surface area contributed by atoms with Crippen molar-refractivity contribution in [3.05, 3.63) is 92.2 Å². The Kier molecular flexibility index (Phi) is 6.53. The summed E-state index contributed by atoms with van der Waals surface area (Å²) >= 11 is 19.1. The monoisotopic (exact) mass is 489 g/mol. The zero-order chi connectivity index (χ0) is 22.0. The van der Waals surface area contributed by atoms with E-state index in [0.717, 1.165) is 11.8 Å². The highest BCUT2D eigenvalue weighted by Gasteiger charge is 2.15. The first-order valence-corrected chi connectivity index (χ1v) is 11.2. The van der Waals surface area contributed by atoms with Gasteiger partial charge in [-0.05, 0) is 54.6 Å². The van der Waals surface area contributed by atoms with E-state index in [1.165, 1.54) is 4.57 Å². The third-order valence-electron chi connectivity index (χ3n) is 4.37. The highest BCUT2D eigenvalue weighted by atomic mass is 35.5. The maximum absolute atomic E-state index is 13.2. The van der Waals surface area contributed by atoms with Crippen LogP contribution in [0.3, 0.4) is 0 Å². The molecule has 0 bridgehead atoms. The molecular weight excluding hydrogens is 477 g/mol. The molecule has 0 radical (unpaired) electrons. The van der Waals surface area contributed by atoms with Gasteiger partial charge in [-0.15, -0.1) is 0 Å². The molecule has 4 aromatic rings. The van der Waals surface area contributed by atoms with Crippen molar-refractivity contribution in [2.24, 2.45) is 0 Å². The Bertz CT molecular complexity index is 1340. The number of aromatic nitrogens is 2. The molecule has 31 heavy (non-hydrogen) atoms. The molecule has 0 atom stereocenters. The summed E-state index contributed by atoms with van der Waals surface area (Å²) in [6.45, 7) is 0. The summed E-state index contributed by atoms with van der Waals surface area (Å²) in [6, 6.07) is 18.8. The number of hydrogen-bond donors (Lipinski definition) is 1. The lowest BCUT2D eigenvalue weighted by Gasteiger charge is -2.13. The fraction of sp³-hybridized carbons (Fsp3) is 0.0455. The molecular formula is C22H14Cl3N3O2S. The number of carbonyl (C=O) groups excluding carboxylic acids is 1. The summed E-state index contributed by atoms with van der Waals surface area (Å²) in [5.41, 5.74) is 1.48. The first kappa shape index (κ1) is 21.7. The van der Waals surface area contributed by atoms with Crippen LogP contribution in [0.4, 0.5) is 5.69 Å². The highest BCUT2D eigenvalue weighted by molar-refractivity contribution is 7.99. The zero-order valence-electron chi connectivity index (χ0n) is 15.8. The quantitative estimate of drug-likeness (QED) is 0.272. The topological polar surface area (TPSA) is 64.0 Å². The second kappa shape index (κ2) is 9.32. The third-order valence-corrected chi connectivity index (χ3v) is 6.30. The Morgan fingerprint density at radius 1 is 0.968 bits per heavy atom.